The molecule has 0 bridgehead atoms. The standard InChI is InChI=1S/C24H29NO6/c1-7-30-19-10-15(8-9-18(19)31-14(3)26)21-20(23(28)29-6)13(2)25-16-11-24(4,5)12-17(27)22(16)21/h8-10,21,25H,7,11-12H2,1-6H3/t21-/m1/s1. The molecular formula is C24H29NO6. The van der Waals surface area contributed by atoms with Crippen LogP contribution in [-0.2, 0) is 19.1 Å². The molecule has 0 radical (unpaired) electrons. The van der Waals surface area contributed by atoms with Crippen molar-refractivity contribution in [1.82, 2.24) is 5.32 Å². The van der Waals surface area contributed by atoms with E-state index in [-0.39, 0.29) is 16.9 Å². The molecule has 1 aliphatic heterocycles. The molecule has 0 unspecified atom stereocenters. The number of allylic oxidation sites excluding steroid dienone is 3. The number of rotatable bonds is 5. The lowest BCUT2D eigenvalue weighted by atomic mass is 9.68. The second-order valence-corrected chi connectivity index (χ2v) is 8.65. The predicted molar refractivity (Wildman–Crippen MR) is 115 cm³/mol. The maximum Gasteiger partial charge on any atom is 0.336 e. The Kier molecular flexibility index (Phi) is 6.25. The molecule has 0 aromatic heterocycles. The number of esters is 2. The number of Topliss-reactive ketones (excluding diaryl/α,β-unsaturated/α-hetero) is 1. The fourth-order valence-electron chi connectivity index (χ4n) is 4.36. The molecule has 1 aromatic rings. The van der Waals surface area contributed by atoms with Gasteiger partial charge in [-0.05, 0) is 43.4 Å². The van der Waals surface area contributed by atoms with Crippen molar-refractivity contribution in [1.29, 1.82) is 0 Å². The molecule has 7 nitrogen and oxygen atoms in total. The molecule has 1 atom stereocenters. The Morgan fingerprint density at radius 1 is 1.19 bits per heavy atom. The first-order chi connectivity index (χ1) is 14.6. The minimum atomic E-state index is -0.599. The van der Waals surface area contributed by atoms with E-state index in [1.165, 1.54) is 14.0 Å². The van der Waals surface area contributed by atoms with E-state index in [0.29, 0.717) is 47.6 Å². The lowest BCUT2D eigenvalue weighted by Gasteiger charge is -2.39. The van der Waals surface area contributed by atoms with Gasteiger partial charge in [-0.1, -0.05) is 19.9 Å². The number of hydrogen-bond acceptors (Lipinski definition) is 7. The molecule has 1 heterocycles. The summed E-state index contributed by atoms with van der Waals surface area (Å²) in [5, 5.41) is 3.28. The minimum absolute atomic E-state index is 0.000301. The van der Waals surface area contributed by atoms with Gasteiger partial charge in [0.05, 0.1) is 19.3 Å². The predicted octanol–water partition coefficient (Wildman–Crippen LogP) is 3.79. The number of dihydropyridines is 1. The first-order valence-electron chi connectivity index (χ1n) is 10.4. The van der Waals surface area contributed by atoms with Crippen molar-refractivity contribution in [3.05, 3.63) is 46.3 Å². The number of methoxy groups -OCH3 is 1. The third-order valence-corrected chi connectivity index (χ3v) is 5.50. The van der Waals surface area contributed by atoms with Crippen LogP contribution in [0.5, 0.6) is 11.5 Å². The smallest absolute Gasteiger partial charge is 0.336 e. The van der Waals surface area contributed by atoms with Gasteiger partial charge in [0.1, 0.15) is 0 Å². The van der Waals surface area contributed by atoms with Crippen molar-refractivity contribution in [2.75, 3.05) is 13.7 Å². The zero-order valence-corrected chi connectivity index (χ0v) is 18.9. The van der Waals surface area contributed by atoms with Crippen LogP contribution >= 0.6 is 0 Å². The summed E-state index contributed by atoms with van der Waals surface area (Å²) in [6.45, 7) is 9.43. The molecule has 166 valence electrons. The van der Waals surface area contributed by atoms with Crippen molar-refractivity contribution in [3.63, 3.8) is 0 Å². The lowest BCUT2D eigenvalue weighted by Crippen LogP contribution is -2.38. The summed E-state index contributed by atoms with van der Waals surface area (Å²) < 4.78 is 16.0. The number of carbonyl (C=O) groups excluding carboxylic acids is 3. The number of hydrogen-bond donors (Lipinski definition) is 1. The molecule has 1 aliphatic carbocycles. The highest BCUT2D eigenvalue weighted by atomic mass is 16.6. The summed E-state index contributed by atoms with van der Waals surface area (Å²) in [6.07, 6.45) is 1.08. The molecule has 1 N–H and O–H groups in total. The van der Waals surface area contributed by atoms with E-state index in [1.807, 2.05) is 13.8 Å². The number of ketones is 1. The largest absolute Gasteiger partial charge is 0.490 e. The van der Waals surface area contributed by atoms with Crippen molar-refractivity contribution < 1.29 is 28.6 Å². The van der Waals surface area contributed by atoms with E-state index in [2.05, 4.69) is 19.2 Å². The highest BCUT2D eigenvalue weighted by Crippen LogP contribution is 2.47. The minimum Gasteiger partial charge on any atom is -0.490 e. The van der Waals surface area contributed by atoms with E-state index in [0.717, 1.165) is 5.70 Å². The van der Waals surface area contributed by atoms with E-state index >= 15 is 0 Å². The highest BCUT2D eigenvalue weighted by Gasteiger charge is 2.43. The fraction of sp³-hybridized carbons (Fsp3) is 0.458. The quantitative estimate of drug-likeness (QED) is 0.565. The molecule has 2 aliphatic rings. The molecule has 1 aromatic carbocycles. The zero-order chi connectivity index (χ0) is 22.9. The molecule has 0 saturated heterocycles. The number of ether oxygens (including phenoxy) is 3. The van der Waals surface area contributed by atoms with Crippen LogP contribution in [0.3, 0.4) is 0 Å². The monoisotopic (exact) mass is 427 g/mol. The van der Waals surface area contributed by atoms with Gasteiger partial charge in [0.15, 0.2) is 17.3 Å². The fourth-order valence-corrected chi connectivity index (χ4v) is 4.36. The van der Waals surface area contributed by atoms with Gasteiger partial charge >= 0.3 is 11.9 Å². The number of nitrogens with one attached hydrogen (secondary N) is 1. The molecule has 0 amide bonds. The maximum absolute atomic E-state index is 13.2. The normalized spacial score (nSPS) is 20.1. The highest BCUT2D eigenvalue weighted by molar-refractivity contribution is 6.04. The van der Waals surface area contributed by atoms with Gasteiger partial charge in [-0.25, -0.2) is 4.79 Å². The molecule has 7 heteroatoms. The summed E-state index contributed by atoms with van der Waals surface area (Å²) in [5.74, 6) is -0.894. The maximum atomic E-state index is 13.2. The first-order valence-corrected chi connectivity index (χ1v) is 10.4. The van der Waals surface area contributed by atoms with Gasteiger partial charge in [-0.15, -0.1) is 0 Å². The third kappa shape index (κ3) is 4.50. The van der Waals surface area contributed by atoms with Crippen molar-refractivity contribution >= 4 is 17.7 Å². The van der Waals surface area contributed by atoms with Crippen LogP contribution in [0.1, 0.15) is 58.9 Å². The van der Waals surface area contributed by atoms with Gasteiger partial charge in [0.25, 0.3) is 0 Å². The van der Waals surface area contributed by atoms with Crippen molar-refractivity contribution in [3.8, 4) is 11.5 Å². The van der Waals surface area contributed by atoms with Crippen LogP contribution in [0.4, 0.5) is 0 Å². The zero-order valence-electron chi connectivity index (χ0n) is 18.9. The van der Waals surface area contributed by atoms with Crippen LogP contribution in [-0.4, -0.2) is 31.4 Å². The molecule has 0 saturated carbocycles. The summed E-state index contributed by atoms with van der Waals surface area (Å²) in [6, 6.07) is 5.11. The Morgan fingerprint density at radius 2 is 1.90 bits per heavy atom. The Bertz CT molecular complexity index is 1000. The Hall–Kier alpha value is -3.09. The van der Waals surface area contributed by atoms with Crippen molar-refractivity contribution in [2.45, 2.75) is 53.4 Å². The summed E-state index contributed by atoms with van der Waals surface area (Å²) >= 11 is 0. The van der Waals surface area contributed by atoms with Gasteiger partial charge < -0.3 is 19.5 Å². The van der Waals surface area contributed by atoms with E-state index < -0.39 is 17.9 Å². The first kappa shape index (κ1) is 22.6. The summed E-state index contributed by atoms with van der Waals surface area (Å²) in [7, 11) is 1.32. The average molecular weight is 427 g/mol. The molecule has 3 rings (SSSR count). The third-order valence-electron chi connectivity index (χ3n) is 5.50. The van der Waals surface area contributed by atoms with Crippen LogP contribution < -0.4 is 14.8 Å². The Morgan fingerprint density at radius 3 is 2.52 bits per heavy atom. The Balaban J connectivity index is 2.20. The number of benzene rings is 1. The van der Waals surface area contributed by atoms with Gasteiger partial charge in [-0.2, -0.15) is 0 Å². The van der Waals surface area contributed by atoms with E-state index in [4.69, 9.17) is 14.2 Å². The molecule has 0 fully saturated rings. The summed E-state index contributed by atoms with van der Waals surface area (Å²) in [4.78, 5) is 37.4. The van der Waals surface area contributed by atoms with Gasteiger partial charge in [0, 0.05) is 36.2 Å². The van der Waals surface area contributed by atoms with Crippen LogP contribution in [0.15, 0.2) is 40.7 Å². The SMILES string of the molecule is CCOc1cc([C@@H]2C(C(=O)OC)=C(C)NC3=C2C(=O)CC(C)(C)C3)ccc1OC(C)=O. The molecule has 0 spiro atoms. The van der Waals surface area contributed by atoms with Gasteiger partial charge in [0.2, 0.25) is 0 Å². The topological polar surface area (TPSA) is 90.9 Å². The lowest BCUT2D eigenvalue weighted by molar-refractivity contribution is -0.136. The average Bonchev–Trinajstić information content (AvgIpc) is 2.66. The van der Waals surface area contributed by atoms with Crippen LogP contribution in [0.25, 0.3) is 0 Å². The van der Waals surface area contributed by atoms with Crippen LogP contribution in [0, 0.1) is 5.41 Å². The van der Waals surface area contributed by atoms with E-state index in [1.54, 1.807) is 18.2 Å². The summed E-state index contributed by atoms with van der Waals surface area (Å²) in [5.41, 5.74) is 2.97. The van der Waals surface area contributed by atoms with E-state index in [9.17, 15) is 14.4 Å². The van der Waals surface area contributed by atoms with Crippen LogP contribution in [0.2, 0.25) is 0 Å². The number of carbonyl (C=O) groups is 3. The second-order valence-electron chi connectivity index (χ2n) is 8.65. The Labute approximate surface area is 182 Å². The van der Waals surface area contributed by atoms with Gasteiger partial charge in [-0.3, -0.25) is 9.59 Å². The molecule has 31 heavy (non-hydrogen) atoms. The van der Waals surface area contributed by atoms with Crippen molar-refractivity contribution in [2.24, 2.45) is 5.41 Å². The second kappa shape index (κ2) is 8.57. The molecular weight excluding hydrogens is 398 g/mol.